The molecule has 9 heteroatoms. The maximum atomic E-state index is 12.6. The summed E-state index contributed by atoms with van der Waals surface area (Å²) < 4.78 is 6.98. The highest BCUT2D eigenvalue weighted by molar-refractivity contribution is 6.08. The Labute approximate surface area is 164 Å². The number of nitrogens with zero attached hydrogens (tertiary/aromatic N) is 2. The first kappa shape index (κ1) is 20.7. The van der Waals surface area contributed by atoms with Gasteiger partial charge in [-0.1, -0.05) is 0 Å². The van der Waals surface area contributed by atoms with E-state index in [4.69, 9.17) is 4.74 Å². The van der Waals surface area contributed by atoms with Gasteiger partial charge >= 0.3 is 0 Å². The van der Waals surface area contributed by atoms with Crippen LogP contribution in [0, 0.1) is 0 Å². The number of piperidine rings is 1. The zero-order chi connectivity index (χ0) is 18.5. The van der Waals surface area contributed by atoms with Crippen LogP contribution >= 0.6 is 12.4 Å². The fraction of sp³-hybridized carbons (Fsp3) is 0.389. The van der Waals surface area contributed by atoms with Crippen LogP contribution < -0.4 is 20.7 Å². The number of rotatable bonds is 5. The zero-order valence-corrected chi connectivity index (χ0v) is 16.1. The molecule has 0 spiro atoms. The molecular formula is C18H24ClN5O3. The lowest BCUT2D eigenvalue weighted by atomic mass is 10.1. The van der Waals surface area contributed by atoms with E-state index in [9.17, 15) is 9.59 Å². The summed E-state index contributed by atoms with van der Waals surface area (Å²) in [6.07, 6.45) is 3.95. The van der Waals surface area contributed by atoms with E-state index in [1.54, 1.807) is 24.3 Å². The zero-order valence-electron chi connectivity index (χ0n) is 15.3. The molecule has 2 amide bonds. The van der Waals surface area contributed by atoms with Crippen LogP contribution in [0.3, 0.4) is 0 Å². The molecule has 1 aromatic carbocycles. The van der Waals surface area contributed by atoms with Crippen LogP contribution in [0.25, 0.3) is 0 Å². The molecular weight excluding hydrogens is 370 g/mol. The van der Waals surface area contributed by atoms with Gasteiger partial charge in [-0.15, -0.1) is 12.4 Å². The minimum Gasteiger partial charge on any atom is -0.497 e. The molecule has 0 aliphatic carbocycles. The highest BCUT2D eigenvalue weighted by Crippen LogP contribution is 2.23. The number of carbonyl (C=O) groups is 2. The molecule has 1 aliphatic rings. The van der Waals surface area contributed by atoms with Crippen molar-refractivity contribution in [1.82, 2.24) is 20.4 Å². The number of amides is 2. The van der Waals surface area contributed by atoms with E-state index < -0.39 is 0 Å². The number of hydrogen-bond acceptors (Lipinski definition) is 5. The number of aromatic nitrogens is 2. The fourth-order valence-electron chi connectivity index (χ4n) is 2.99. The van der Waals surface area contributed by atoms with Crippen LogP contribution in [-0.2, 0) is 0 Å². The average Bonchev–Trinajstić information content (AvgIpc) is 3.18. The molecule has 1 fully saturated rings. The number of nitrogens with one attached hydrogen (secondary N) is 3. The lowest BCUT2D eigenvalue weighted by molar-refractivity contribution is 0.0963. The van der Waals surface area contributed by atoms with Crippen molar-refractivity contribution < 1.29 is 14.3 Å². The van der Waals surface area contributed by atoms with Gasteiger partial charge in [0.25, 0.3) is 11.8 Å². The molecule has 27 heavy (non-hydrogen) atoms. The second-order valence-corrected chi connectivity index (χ2v) is 6.13. The Morgan fingerprint density at radius 1 is 1.30 bits per heavy atom. The van der Waals surface area contributed by atoms with Gasteiger partial charge in [-0.2, -0.15) is 5.10 Å². The highest BCUT2D eigenvalue weighted by Gasteiger charge is 2.19. The van der Waals surface area contributed by atoms with Crippen molar-refractivity contribution in [2.75, 3.05) is 32.6 Å². The van der Waals surface area contributed by atoms with Crippen LogP contribution in [0.4, 0.5) is 5.69 Å². The smallest absolute Gasteiger partial charge is 0.276 e. The van der Waals surface area contributed by atoms with Crippen LogP contribution in [0.5, 0.6) is 5.75 Å². The summed E-state index contributed by atoms with van der Waals surface area (Å²) in [6.45, 7) is 1.87. The molecule has 1 unspecified atom stereocenters. The minimum absolute atomic E-state index is 0. The first-order valence-electron chi connectivity index (χ1n) is 8.59. The second-order valence-electron chi connectivity index (χ2n) is 6.13. The van der Waals surface area contributed by atoms with Gasteiger partial charge in [-0.3, -0.25) is 14.3 Å². The Morgan fingerprint density at radius 3 is 2.78 bits per heavy atom. The summed E-state index contributed by atoms with van der Waals surface area (Å²) in [7, 11) is 3.06. The summed E-state index contributed by atoms with van der Waals surface area (Å²) in [4.78, 5) is 24.6. The van der Waals surface area contributed by atoms with Gasteiger partial charge in [-0.25, -0.2) is 0 Å². The van der Waals surface area contributed by atoms with Crippen molar-refractivity contribution in [3.05, 3.63) is 41.7 Å². The second kappa shape index (κ2) is 9.38. The standard InChI is InChI=1S/C18H23N5O3.ClH/c1-19-17(24)14-10-13(26-2)5-6-15(14)21-18(25)16-7-9-23(22-16)12-4-3-8-20-11-12;/h5-7,9-10,12,20H,3-4,8,11H2,1-2H3,(H,19,24)(H,21,25);1H. The van der Waals surface area contributed by atoms with Gasteiger partial charge in [-0.05, 0) is 43.7 Å². The fourth-order valence-corrected chi connectivity index (χ4v) is 2.99. The molecule has 146 valence electrons. The lowest BCUT2D eigenvalue weighted by Gasteiger charge is -2.22. The molecule has 3 N–H and O–H groups in total. The van der Waals surface area contributed by atoms with Crippen molar-refractivity contribution in [2.24, 2.45) is 0 Å². The van der Waals surface area contributed by atoms with Crippen molar-refractivity contribution in [1.29, 1.82) is 0 Å². The summed E-state index contributed by atoms with van der Waals surface area (Å²) in [5.41, 5.74) is 1.05. The van der Waals surface area contributed by atoms with E-state index in [-0.39, 0.29) is 30.3 Å². The molecule has 2 heterocycles. The molecule has 1 atom stereocenters. The van der Waals surface area contributed by atoms with E-state index in [2.05, 4.69) is 21.0 Å². The van der Waals surface area contributed by atoms with E-state index in [0.717, 1.165) is 25.9 Å². The van der Waals surface area contributed by atoms with Crippen molar-refractivity contribution in [3.63, 3.8) is 0 Å². The van der Waals surface area contributed by atoms with Crippen molar-refractivity contribution in [3.8, 4) is 5.75 Å². The Kier molecular flexibility index (Phi) is 7.20. The Hall–Kier alpha value is -2.58. The van der Waals surface area contributed by atoms with Crippen LogP contribution in [0.1, 0.15) is 39.7 Å². The third-order valence-corrected chi connectivity index (χ3v) is 4.43. The highest BCUT2D eigenvalue weighted by atomic mass is 35.5. The summed E-state index contributed by atoms with van der Waals surface area (Å²) in [6, 6.07) is 6.86. The molecule has 3 rings (SSSR count). The van der Waals surface area contributed by atoms with E-state index in [1.165, 1.54) is 14.2 Å². The largest absolute Gasteiger partial charge is 0.497 e. The van der Waals surface area contributed by atoms with Gasteiger partial charge in [0, 0.05) is 19.8 Å². The van der Waals surface area contributed by atoms with E-state index in [0.29, 0.717) is 22.7 Å². The quantitative estimate of drug-likeness (QED) is 0.720. The number of halogens is 1. The number of carbonyl (C=O) groups excluding carboxylic acids is 2. The summed E-state index contributed by atoms with van der Waals surface area (Å²) in [5.74, 6) is -0.128. The number of hydrogen-bond donors (Lipinski definition) is 3. The van der Waals surface area contributed by atoms with Gasteiger partial charge in [0.05, 0.1) is 24.4 Å². The normalized spacial score (nSPS) is 16.1. The molecule has 1 aliphatic heterocycles. The molecule has 0 saturated carbocycles. The number of anilines is 1. The predicted molar refractivity (Wildman–Crippen MR) is 105 cm³/mol. The topological polar surface area (TPSA) is 97.3 Å². The maximum absolute atomic E-state index is 12.6. The molecule has 2 aromatic rings. The number of methoxy groups -OCH3 is 1. The van der Waals surface area contributed by atoms with Gasteiger partial charge < -0.3 is 20.7 Å². The summed E-state index contributed by atoms with van der Waals surface area (Å²) >= 11 is 0. The Bertz CT molecular complexity index is 802. The maximum Gasteiger partial charge on any atom is 0.276 e. The van der Waals surface area contributed by atoms with Gasteiger partial charge in [0.2, 0.25) is 0 Å². The third kappa shape index (κ3) is 4.78. The summed E-state index contributed by atoms with van der Waals surface area (Å²) in [5, 5.41) is 13.1. The first-order valence-corrected chi connectivity index (χ1v) is 8.59. The number of ether oxygens (including phenoxy) is 1. The minimum atomic E-state index is -0.358. The van der Waals surface area contributed by atoms with Crippen LogP contribution in [-0.4, -0.2) is 48.8 Å². The lowest BCUT2D eigenvalue weighted by Crippen LogP contribution is -2.32. The molecule has 0 radical (unpaired) electrons. The molecule has 1 saturated heterocycles. The molecule has 1 aromatic heterocycles. The Balaban J connectivity index is 0.00000261. The first-order chi connectivity index (χ1) is 12.6. The van der Waals surface area contributed by atoms with E-state index in [1.807, 2.05) is 10.9 Å². The average molecular weight is 394 g/mol. The van der Waals surface area contributed by atoms with E-state index >= 15 is 0 Å². The molecule has 8 nitrogen and oxygen atoms in total. The van der Waals surface area contributed by atoms with Crippen LogP contribution in [0.15, 0.2) is 30.5 Å². The predicted octanol–water partition coefficient (Wildman–Crippen LogP) is 1.85. The van der Waals surface area contributed by atoms with Crippen molar-refractivity contribution >= 4 is 29.9 Å². The van der Waals surface area contributed by atoms with Gasteiger partial charge in [0.1, 0.15) is 5.75 Å². The number of benzene rings is 1. The SMILES string of the molecule is CNC(=O)c1cc(OC)ccc1NC(=O)c1ccn(C2CCCNC2)n1.Cl. The Morgan fingerprint density at radius 2 is 2.11 bits per heavy atom. The van der Waals surface area contributed by atoms with Crippen molar-refractivity contribution in [2.45, 2.75) is 18.9 Å². The third-order valence-electron chi connectivity index (χ3n) is 4.43. The molecule has 0 bridgehead atoms. The monoisotopic (exact) mass is 393 g/mol. The van der Waals surface area contributed by atoms with Gasteiger partial charge in [0.15, 0.2) is 5.69 Å². The van der Waals surface area contributed by atoms with Crippen LogP contribution in [0.2, 0.25) is 0 Å².